The molecule has 224 valence electrons. The van der Waals surface area contributed by atoms with E-state index in [1.807, 2.05) is 24.3 Å². The molecule has 14 heteroatoms. The van der Waals surface area contributed by atoms with Crippen molar-refractivity contribution in [3.8, 4) is 23.0 Å². The van der Waals surface area contributed by atoms with E-state index in [0.717, 1.165) is 16.5 Å². The van der Waals surface area contributed by atoms with Crippen LogP contribution < -0.4 is 15.4 Å². The molecule has 1 fully saturated rings. The number of aromatic hydroxyl groups is 3. The summed E-state index contributed by atoms with van der Waals surface area (Å²) in [6.45, 7) is -1.01. The summed E-state index contributed by atoms with van der Waals surface area (Å²) in [6, 6.07) is 3.79. The first kappa shape index (κ1) is 29.0. The Bertz CT molecular complexity index is 1530. The lowest BCUT2D eigenvalue weighted by atomic mass is 9.89. The Hall–Kier alpha value is -4.53. The summed E-state index contributed by atoms with van der Waals surface area (Å²) in [7, 11) is 1.18. The third-order valence-electron chi connectivity index (χ3n) is 8.02. The summed E-state index contributed by atoms with van der Waals surface area (Å²) in [6.07, 6.45) is 0.194. The van der Waals surface area contributed by atoms with E-state index >= 15 is 0 Å². The van der Waals surface area contributed by atoms with E-state index in [1.165, 1.54) is 12.0 Å². The van der Waals surface area contributed by atoms with Gasteiger partial charge < -0.3 is 50.6 Å². The van der Waals surface area contributed by atoms with Gasteiger partial charge in [-0.3, -0.25) is 14.9 Å². The Kier molecular flexibility index (Phi) is 7.86. The molecule has 0 spiro atoms. The Morgan fingerprint density at radius 1 is 1.12 bits per heavy atom. The number of phenols is 3. The number of aliphatic hydroxyl groups is 2. The number of aliphatic carboxylic acids is 1. The SMILES string of the molecule is COc1c(O)c(O)c2c(c1O)C1NC(Cc3c[nH]c4ccccc34)C(=O)N1C(C(=O)NC(CC(CO)CO)C(=O)O)C2. The number of carbonyl (C=O) groups is 3. The molecule has 42 heavy (non-hydrogen) atoms. The third kappa shape index (κ3) is 4.82. The van der Waals surface area contributed by atoms with E-state index in [9.17, 15) is 45.0 Å². The van der Waals surface area contributed by atoms with Gasteiger partial charge in [0, 0.05) is 53.8 Å². The molecule has 0 radical (unpaired) electrons. The first-order valence-corrected chi connectivity index (χ1v) is 13.3. The number of aromatic amines is 1. The van der Waals surface area contributed by atoms with Crippen LogP contribution in [0, 0.1) is 5.92 Å². The molecule has 2 amide bonds. The lowest BCUT2D eigenvalue weighted by molar-refractivity contribution is -0.145. The van der Waals surface area contributed by atoms with Crippen LogP contribution >= 0.6 is 0 Å². The maximum atomic E-state index is 13.9. The Morgan fingerprint density at radius 2 is 1.83 bits per heavy atom. The fourth-order valence-corrected chi connectivity index (χ4v) is 5.86. The van der Waals surface area contributed by atoms with Crippen molar-refractivity contribution in [3.05, 3.63) is 47.2 Å². The van der Waals surface area contributed by atoms with Crippen LogP contribution in [0.25, 0.3) is 10.9 Å². The number of carboxylic acid groups (broad SMARTS) is 1. The third-order valence-corrected chi connectivity index (χ3v) is 8.02. The monoisotopic (exact) mass is 584 g/mol. The topological polar surface area (TPSA) is 225 Å². The second-order valence-electron chi connectivity index (χ2n) is 10.5. The number of ether oxygens (including phenoxy) is 1. The summed E-state index contributed by atoms with van der Waals surface area (Å²) >= 11 is 0. The van der Waals surface area contributed by atoms with Gasteiger partial charge in [0.15, 0.2) is 11.5 Å². The normalized spacial score (nSPS) is 20.4. The van der Waals surface area contributed by atoms with Crippen molar-refractivity contribution >= 4 is 28.7 Å². The van der Waals surface area contributed by atoms with Crippen LogP contribution in [-0.4, -0.2) is 96.8 Å². The molecule has 2 aromatic carbocycles. The summed E-state index contributed by atoms with van der Waals surface area (Å²) < 4.78 is 5.09. The van der Waals surface area contributed by atoms with Gasteiger partial charge in [-0.1, -0.05) is 18.2 Å². The molecule has 1 aromatic heterocycles. The fraction of sp³-hybridized carbons (Fsp3) is 0.393. The van der Waals surface area contributed by atoms with E-state index in [4.69, 9.17) is 4.74 Å². The Labute approximate surface area is 239 Å². The van der Waals surface area contributed by atoms with Crippen molar-refractivity contribution in [1.82, 2.24) is 20.5 Å². The van der Waals surface area contributed by atoms with Crippen molar-refractivity contribution in [2.75, 3.05) is 20.3 Å². The largest absolute Gasteiger partial charge is 0.504 e. The molecular weight excluding hydrogens is 552 g/mol. The van der Waals surface area contributed by atoms with Crippen LogP contribution in [-0.2, 0) is 27.2 Å². The van der Waals surface area contributed by atoms with Gasteiger partial charge in [-0.15, -0.1) is 0 Å². The van der Waals surface area contributed by atoms with Gasteiger partial charge in [0.2, 0.25) is 23.3 Å². The summed E-state index contributed by atoms with van der Waals surface area (Å²) in [4.78, 5) is 43.8. The van der Waals surface area contributed by atoms with E-state index in [0.29, 0.717) is 0 Å². The van der Waals surface area contributed by atoms with Crippen molar-refractivity contribution in [2.24, 2.45) is 5.92 Å². The van der Waals surface area contributed by atoms with Gasteiger partial charge >= 0.3 is 5.97 Å². The fourth-order valence-electron chi connectivity index (χ4n) is 5.86. The van der Waals surface area contributed by atoms with Crippen molar-refractivity contribution < 1.29 is 49.8 Å². The maximum Gasteiger partial charge on any atom is 0.326 e. The van der Waals surface area contributed by atoms with Crippen molar-refractivity contribution in [2.45, 2.75) is 43.6 Å². The number of rotatable bonds is 10. The number of fused-ring (bicyclic) bond motifs is 4. The minimum Gasteiger partial charge on any atom is -0.504 e. The molecule has 1 saturated heterocycles. The molecule has 9 N–H and O–H groups in total. The van der Waals surface area contributed by atoms with Gasteiger partial charge in [-0.05, 0) is 24.5 Å². The van der Waals surface area contributed by atoms with E-state index in [2.05, 4.69) is 15.6 Å². The lowest BCUT2D eigenvalue weighted by Crippen LogP contribution is -2.56. The number of aromatic nitrogens is 1. The van der Waals surface area contributed by atoms with Crippen LogP contribution in [0.4, 0.5) is 0 Å². The number of nitrogens with one attached hydrogen (secondary N) is 3. The lowest BCUT2D eigenvalue weighted by Gasteiger charge is -2.39. The summed E-state index contributed by atoms with van der Waals surface area (Å²) in [5.74, 6) is -5.93. The molecule has 2 aliphatic rings. The maximum absolute atomic E-state index is 13.9. The molecule has 0 aliphatic carbocycles. The highest BCUT2D eigenvalue weighted by Crippen LogP contribution is 2.53. The molecule has 3 aromatic rings. The highest BCUT2D eigenvalue weighted by Gasteiger charge is 2.52. The number of H-pyrrole nitrogens is 1. The molecule has 14 nitrogen and oxygen atoms in total. The Morgan fingerprint density at radius 3 is 2.50 bits per heavy atom. The first-order valence-electron chi connectivity index (χ1n) is 13.3. The van der Waals surface area contributed by atoms with E-state index in [1.54, 1.807) is 6.20 Å². The molecule has 0 saturated carbocycles. The van der Waals surface area contributed by atoms with Crippen molar-refractivity contribution in [3.63, 3.8) is 0 Å². The van der Waals surface area contributed by atoms with Crippen LogP contribution in [0.2, 0.25) is 0 Å². The number of amides is 2. The molecule has 3 heterocycles. The molecule has 4 atom stereocenters. The van der Waals surface area contributed by atoms with Crippen LogP contribution in [0.15, 0.2) is 30.5 Å². The molecule has 2 aliphatic heterocycles. The second-order valence-corrected chi connectivity index (χ2v) is 10.5. The number of hydrogen-bond donors (Lipinski definition) is 9. The van der Waals surface area contributed by atoms with Gasteiger partial charge in [0.05, 0.1) is 13.2 Å². The predicted octanol–water partition coefficient (Wildman–Crippen LogP) is -0.180. The average Bonchev–Trinajstić information content (AvgIpc) is 3.54. The van der Waals surface area contributed by atoms with Gasteiger partial charge in [-0.25, -0.2) is 4.79 Å². The number of aliphatic hydroxyl groups excluding tert-OH is 2. The summed E-state index contributed by atoms with van der Waals surface area (Å²) in [5.41, 5.74) is 1.70. The van der Waals surface area contributed by atoms with Gasteiger partial charge in [-0.2, -0.15) is 0 Å². The van der Waals surface area contributed by atoms with Crippen molar-refractivity contribution in [1.29, 1.82) is 0 Å². The first-order chi connectivity index (χ1) is 20.1. The number of nitrogens with zero attached hydrogens (tertiary/aromatic N) is 1. The van der Waals surface area contributed by atoms with Gasteiger partial charge in [0.25, 0.3) is 0 Å². The number of phenolic OH excluding ortho intramolecular Hbond substituents is 3. The Balaban J connectivity index is 1.54. The minimum atomic E-state index is -1.50. The molecule has 5 rings (SSSR count). The molecule has 0 bridgehead atoms. The zero-order chi connectivity index (χ0) is 30.3. The highest BCUT2D eigenvalue weighted by atomic mass is 16.5. The number of methoxy groups -OCH3 is 1. The van der Waals surface area contributed by atoms with Crippen LogP contribution in [0.1, 0.15) is 29.3 Å². The predicted molar refractivity (Wildman–Crippen MR) is 146 cm³/mol. The number of para-hydroxylation sites is 1. The summed E-state index contributed by atoms with van der Waals surface area (Å²) in [5, 5.41) is 67.4. The minimum absolute atomic E-state index is 0.0179. The molecule has 4 unspecified atom stereocenters. The highest BCUT2D eigenvalue weighted by molar-refractivity contribution is 5.95. The van der Waals surface area contributed by atoms with Gasteiger partial charge in [0.1, 0.15) is 18.2 Å². The quantitative estimate of drug-likeness (QED) is 0.112. The second kappa shape index (κ2) is 11.4. The van der Waals surface area contributed by atoms with Crippen LogP contribution in [0.5, 0.6) is 23.0 Å². The molecular formula is C28H32N4O10. The number of carboxylic acids is 1. The van der Waals surface area contributed by atoms with Crippen LogP contribution in [0.3, 0.4) is 0 Å². The smallest absolute Gasteiger partial charge is 0.326 e. The zero-order valence-corrected chi connectivity index (χ0v) is 22.6. The number of hydrogen-bond acceptors (Lipinski definition) is 10. The number of carbonyl (C=O) groups excluding carboxylic acids is 2. The average molecular weight is 585 g/mol. The number of benzene rings is 2. The standard InChI is InChI=1S/C28H32N4O10/c1-42-24-22(36)20-15(21(35)23(24)37)8-19(26(38)31-18(28(40)41)6-12(10-33)11-34)32-25(20)30-17(27(32)39)7-13-9-29-16-5-3-2-4-14(13)16/h2-5,9,12,17-19,25,29-30,33-37H,6-8,10-11H2,1H3,(H,31,38)(H,40,41). The van der Waals surface area contributed by atoms with E-state index < -0.39 is 84.2 Å². The zero-order valence-electron chi connectivity index (χ0n) is 22.6. The van der Waals surface area contributed by atoms with E-state index in [-0.39, 0.29) is 30.4 Å².